The standard InChI is InChI=1S/C15H17N5O3/c1-10(11-5-3-2-4-6-11)9-16-19-13(21)8-7-12-14(22)17-15(23)20-18-12/h2-6,9-10H,7-8H2,1H3,(H,19,21)(H2,17,20,22,23)/b16-9-/t10-/m1/s1. The number of nitrogens with zero attached hydrogens (tertiary/aromatic N) is 2. The van der Waals surface area contributed by atoms with E-state index in [4.69, 9.17) is 0 Å². The molecule has 0 bridgehead atoms. The molecule has 2 aromatic rings. The highest BCUT2D eigenvalue weighted by atomic mass is 16.2. The maximum Gasteiger partial charge on any atom is 0.342 e. The fraction of sp³-hybridized carbons (Fsp3) is 0.267. The van der Waals surface area contributed by atoms with Crippen LogP contribution in [0.3, 0.4) is 0 Å². The number of H-pyrrole nitrogens is 2. The highest BCUT2D eigenvalue weighted by Crippen LogP contribution is 2.11. The van der Waals surface area contributed by atoms with E-state index >= 15 is 0 Å². The predicted octanol–water partition coefficient (Wildman–Crippen LogP) is 0.297. The van der Waals surface area contributed by atoms with Gasteiger partial charge in [-0.15, -0.1) is 0 Å². The van der Waals surface area contributed by atoms with E-state index in [1.54, 1.807) is 6.21 Å². The molecule has 1 aromatic carbocycles. The second kappa shape index (κ2) is 7.83. The molecule has 0 aliphatic carbocycles. The molecule has 23 heavy (non-hydrogen) atoms. The van der Waals surface area contributed by atoms with Crippen LogP contribution in [0.1, 0.15) is 30.5 Å². The Balaban J connectivity index is 1.82. The molecule has 0 aliphatic rings. The first kappa shape index (κ1) is 16.3. The van der Waals surface area contributed by atoms with Gasteiger partial charge < -0.3 is 0 Å². The van der Waals surface area contributed by atoms with Crippen molar-refractivity contribution in [1.82, 2.24) is 20.6 Å². The van der Waals surface area contributed by atoms with Crippen LogP contribution in [0, 0.1) is 0 Å². The molecule has 2 rings (SSSR count). The van der Waals surface area contributed by atoms with Crippen LogP contribution in [0.25, 0.3) is 0 Å². The number of nitrogens with one attached hydrogen (secondary N) is 3. The van der Waals surface area contributed by atoms with Crippen LogP contribution >= 0.6 is 0 Å². The molecule has 120 valence electrons. The van der Waals surface area contributed by atoms with E-state index in [1.165, 1.54) is 0 Å². The van der Waals surface area contributed by atoms with Crippen molar-refractivity contribution in [2.24, 2.45) is 5.10 Å². The zero-order chi connectivity index (χ0) is 16.7. The first-order valence-corrected chi connectivity index (χ1v) is 7.11. The number of benzene rings is 1. The molecule has 0 radical (unpaired) electrons. The highest BCUT2D eigenvalue weighted by Gasteiger charge is 2.07. The van der Waals surface area contributed by atoms with Crippen LogP contribution < -0.4 is 16.7 Å². The number of carbonyl (C=O) groups is 1. The molecule has 1 atom stereocenters. The molecule has 8 heteroatoms. The first-order chi connectivity index (χ1) is 11.1. The van der Waals surface area contributed by atoms with Gasteiger partial charge in [-0.3, -0.25) is 14.6 Å². The van der Waals surface area contributed by atoms with Crippen LogP contribution in [-0.2, 0) is 11.2 Å². The van der Waals surface area contributed by atoms with Gasteiger partial charge >= 0.3 is 5.69 Å². The molecule has 0 aliphatic heterocycles. The molecule has 1 aromatic heterocycles. The largest absolute Gasteiger partial charge is 0.342 e. The van der Waals surface area contributed by atoms with Crippen LogP contribution in [0.15, 0.2) is 45.0 Å². The van der Waals surface area contributed by atoms with Gasteiger partial charge in [-0.25, -0.2) is 15.3 Å². The Morgan fingerprint density at radius 1 is 1.35 bits per heavy atom. The second-order valence-corrected chi connectivity index (χ2v) is 4.97. The fourth-order valence-electron chi connectivity index (χ4n) is 1.89. The summed E-state index contributed by atoms with van der Waals surface area (Å²) in [4.78, 5) is 36.0. The van der Waals surface area contributed by atoms with Gasteiger partial charge in [0, 0.05) is 25.0 Å². The van der Waals surface area contributed by atoms with E-state index in [2.05, 4.69) is 20.7 Å². The third-order valence-electron chi connectivity index (χ3n) is 3.18. The molecular weight excluding hydrogens is 298 g/mol. The van der Waals surface area contributed by atoms with E-state index in [0.29, 0.717) is 0 Å². The van der Waals surface area contributed by atoms with E-state index in [9.17, 15) is 14.4 Å². The summed E-state index contributed by atoms with van der Waals surface area (Å²) in [5, 5.41) is 9.62. The van der Waals surface area contributed by atoms with Gasteiger partial charge in [0.05, 0.1) is 0 Å². The van der Waals surface area contributed by atoms with Crippen molar-refractivity contribution in [1.29, 1.82) is 0 Å². The lowest BCUT2D eigenvalue weighted by Crippen LogP contribution is -2.28. The molecule has 0 saturated heterocycles. The van der Waals surface area contributed by atoms with Gasteiger partial charge in [-0.05, 0) is 5.56 Å². The van der Waals surface area contributed by atoms with E-state index < -0.39 is 11.2 Å². The second-order valence-electron chi connectivity index (χ2n) is 4.97. The highest BCUT2D eigenvalue weighted by molar-refractivity contribution is 5.77. The molecule has 1 amide bonds. The van der Waals surface area contributed by atoms with Crippen molar-refractivity contribution in [3.8, 4) is 0 Å². The minimum absolute atomic E-state index is 0.0409. The Morgan fingerprint density at radius 3 is 2.78 bits per heavy atom. The van der Waals surface area contributed by atoms with Gasteiger partial charge in [-0.1, -0.05) is 37.3 Å². The lowest BCUT2D eigenvalue weighted by Gasteiger charge is -2.05. The van der Waals surface area contributed by atoms with Crippen molar-refractivity contribution in [2.45, 2.75) is 25.7 Å². The van der Waals surface area contributed by atoms with E-state index in [-0.39, 0.29) is 30.4 Å². The van der Waals surface area contributed by atoms with Crippen molar-refractivity contribution < 1.29 is 4.79 Å². The van der Waals surface area contributed by atoms with Gasteiger partial charge in [0.15, 0.2) is 0 Å². The number of hydrazone groups is 1. The van der Waals surface area contributed by atoms with Gasteiger partial charge in [0.2, 0.25) is 5.91 Å². The lowest BCUT2D eigenvalue weighted by molar-refractivity contribution is -0.121. The quantitative estimate of drug-likeness (QED) is 0.524. The lowest BCUT2D eigenvalue weighted by atomic mass is 10.0. The molecule has 3 N–H and O–H groups in total. The zero-order valence-electron chi connectivity index (χ0n) is 12.6. The summed E-state index contributed by atoms with van der Waals surface area (Å²) >= 11 is 0. The number of amides is 1. The molecule has 0 fully saturated rings. The summed E-state index contributed by atoms with van der Waals surface area (Å²) < 4.78 is 0. The molecule has 8 nitrogen and oxygen atoms in total. The number of carbonyl (C=O) groups excluding carboxylic acids is 1. The smallest absolute Gasteiger partial charge is 0.273 e. The van der Waals surface area contributed by atoms with E-state index in [0.717, 1.165) is 5.56 Å². The Labute approximate surface area is 131 Å². The Kier molecular flexibility index (Phi) is 5.56. The third-order valence-corrected chi connectivity index (χ3v) is 3.18. The number of rotatable bonds is 6. The summed E-state index contributed by atoms with van der Waals surface area (Å²) in [6, 6.07) is 9.76. The van der Waals surface area contributed by atoms with Crippen molar-refractivity contribution in [3.63, 3.8) is 0 Å². The van der Waals surface area contributed by atoms with Crippen LogP contribution in [0.4, 0.5) is 0 Å². The first-order valence-electron chi connectivity index (χ1n) is 7.11. The maximum absolute atomic E-state index is 11.7. The monoisotopic (exact) mass is 315 g/mol. The van der Waals surface area contributed by atoms with E-state index in [1.807, 2.05) is 42.2 Å². The van der Waals surface area contributed by atoms with Crippen molar-refractivity contribution in [2.75, 3.05) is 0 Å². The number of aryl methyl sites for hydroxylation is 1. The van der Waals surface area contributed by atoms with Crippen molar-refractivity contribution >= 4 is 12.1 Å². The molecular formula is C15H17N5O3. The number of hydrogen-bond donors (Lipinski definition) is 3. The van der Waals surface area contributed by atoms with Crippen LogP contribution in [0.5, 0.6) is 0 Å². The van der Waals surface area contributed by atoms with Gasteiger partial charge in [-0.2, -0.15) is 10.2 Å². The van der Waals surface area contributed by atoms with Gasteiger partial charge in [0.1, 0.15) is 5.69 Å². The zero-order valence-corrected chi connectivity index (χ0v) is 12.6. The maximum atomic E-state index is 11.7. The minimum atomic E-state index is -0.678. The Morgan fingerprint density at radius 2 is 2.09 bits per heavy atom. The fourth-order valence-corrected chi connectivity index (χ4v) is 1.89. The average Bonchev–Trinajstić information content (AvgIpc) is 2.54. The average molecular weight is 315 g/mol. The number of aromatic nitrogens is 3. The Hall–Kier alpha value is -3.03. The van der Waals surface area contributed by atoms with Gasteiger partial charge in [0.25, 0.3) is 5.56 Å². The van der Waals surface area contributed by atoms with Crippen LogP contribution in [-0.4, -0.2) is 27.3 Å². The number of aromatic amines is 2. The summed E-state index contributed by atoms with van der Waals surface area (Å²) in [6.45, 7) is 1.97. The molecule has 1 heterocycles. The Bertz CT molecular complexity index is 795. The predicted molar refractivity (Wildman–Crippen MR) is 85.3 cm³/mol. The summed E-state index contributed by atoms with van der Waals surface area (Å²) in [5.74, 6) is -0.269. The summed E-state index contributed by atoms with van der Waals surface area (Å²) in [7, 11) is 0. The molecule has 0 unspecified atom stereocenters. The molecule has 0 spiro atoms. The normalized spacial score (nSPS) is 12.2. The molecule has 0 saturated carbocycles. The number of hydrogen-bond acceptors (Lipinski definition) is 5. The summed E-state index contributed by atoms with van der Waals surface area (Å²) in [5.41, 5.74) is 2.32. The topological polar surface area (TPSA) is 120 Å². The van der Waals surface area contributed by atoms with Crippen LogP contribution in [0.2, 0.25) is 0 Å². The SMILES string of the molecule is C[C@H](/C=N\NC(=O)CCc1n[nH]c(=O)[nH]c1=O)c1ccccc1. The van der Waals surface area contributed by atoms with Crippen molar-refractivity contribution in [3.05, 3.63) is 62.4 Å². The summed E-state index contributed by atoms with van der Waals surface area (Å²) in [6.07, 6.45) is 1.79. The third kappa shape index (κ3) is 5.03. The minimum Gasteiger partial charge on any atom is -0.273 e.